The number of phenols is 1. The quantitative estimate of drug-likeness (QED) is 0.634. The van der Waals surface area contributed by atoms with E-state index in [1.807, 2.05) is 0 Å². The molecular formula is C20H21N3O5. The number of ether oxygens (including phenoxy) is 2. The minimum absolute atomic E-state index is 0.0979. The molecule has 0 aliphatic rings. The van der Waals surface area contributed by atoms with Crippen LogP contribution in [0.15, 0.2) is 41.5 Å². The maximum absolute atomic E-state index is 12.7. The molecular weight excluding hydrogens is 362 g/mol. The zero-order valence-electron chi connectivity index (χ0n) is 15.9. The third-order valence-corrected chi connectivity index (χ3v) is 4.39. The highest BCUT2D eigenvalue weighted by Gasteiger charge is 2.12. The number of benzene rings is 2. The summed E-state index contributed by atoms with van der Waals surface area (Å²) in [5.41, 5.74) is 1.59. The molecule has 2 N–H and O–H groups in total. The van der Waals surface area contributed by atoms with E-state index in [1.165, 1.54) is 31.2 Å². The van der Waals surface area contributed by atoms with Gasteiger partial charge in [-0.15, -0.1) is 0 Å². The first-order valence-corrected chi connectivity index (χ1v) is 8.63. The van der Waals surface area contributed by atoms with E-state index in [1.54, 1.807) is 31.2 Å². The summed E-state index contributed by atoms with van der Waals surface area (Å²) in [5.74, 6) is 0.819. The van der Waals surface area contributed by atoms with Gasteiger partial charge in [0.1, 0.15) is 5.75 Å². The molecule has 28 heavy (non-hydrogen) atoms. The summed E-state index contributed by atoms with van der Waals surface area (Å²) in [6, 6.07) is 7.92. The van der Waals surface area contributed by atoms with Gasteiger partial charge in [0.15, 0.2) is 11.5 Å². The summed E-state index contributed by atoms with van der Waals surface area (Å²) in [6.45, 7) is 1.97. The standard InChI is InChI=1S/C20H21N3O5/c1-12-8-13(24)4-5-15(12)22-19(25)6-7-23-11-21-16-10-18(28-3)17(27-2)9-14(16)20(23)26/h4-5,8-11,24H,6-7H2,1-3H3,(H,22,25). The van der Waals surface area contributed by atoms with Crippen molar-refractivity contribution in [1.82, 2.24) is 9.55 Å². The van der Waals surface area contributed by atoms with Crippen molar-refractivity contribution in [2.24, 2.45) is 0 Å². The topological polar surface area (TPSA) is 103 Å². The molecule has 0 bridgehead atoms. The van der Waals surface area contributed by atoms with E-state index in [-0.39, 0.29) is 30.2 Å². The first kappa shape index (κ1) is 19.2. The van der Waals surface area contributed by atoms with Gasteiger partial charge in [0.25, 0.3) is 5.56 Å². The molecule has 3 rings (SSSR count). The van der Waals surface area contributed by atoms with Crippen LogP contribution in [0.1, 0.15) is 12.0 Å². The molecule has 0 atom stereocenters. The van der Waals surface area contributed by atoms with Crippen molar-refractivity contribution >= 4 is 22.5 Å². The SMILES string of the molecule is COc1cc2ncn(CCC(=O)Nc3ccc(O)cc3C)c(=O)c2cc1OC. The Labute approximate surface area is 161 Å². The number of carbonyl (C=O) groups excluding carboxylic acids is 1. The van der Waals surface area contributed by atoms with Crippen molar-refractivity contribution in [3.05, 3.63) is 52.6 Å². The summed E-state index contributed by atoms with van der Waals surface area (Å²) in [7, 11) is 3.01. The molecule has 0 unspecified atom stereocenters. The minimum Gasteiger partial charge on any atom is -0.508 e. The van der Waals surface area contributed by atoms with Gasteiger partial charge in [-0.2, -0.15) is 0 Å². The van der Waals surface area contributed by atoms with Crippen molar-refractivity contribution in [1.29, 1.82) is 0 Å². The molecule has 3 aromatic rings. The Hall–Kier alpha value is -3.55. The van der Waals surface area contributed by atoms with Crippen LogP contribution in [-0.2, 0) is 11.3 Å². The van der Waals surface area contributed by atoms with Gasteiger partial charge in [0, 0.05) is 24.7 Å². The van der Waals surface area contributed by atoms with Gasteiger partial charge < -0.3 is 19.9 Å². The molecule has 8 nitrogen and oxygen atoms in total. The summed E-state index contributed by atoms with van der Waals surface area (Å²) in [4.78, 5) is 29.2. The average molecular weight is 383 g/mol. The number of anilines is 1. The normalized spacial score (nSPS) is 10.7. The monoisotopic (exact) mass is 383 g/mol. The lowest BCUT2D eigenvalue weighted by Crippen LogP contribution is -2.24. The third kappa shape index (κ3) is 3.90. The Bertz CT molecular complexity index is 1090. The maximum Gasteiger partial charge on any atom is 0.261 e. The van der Waals surface area contributed by atoms with Crippen LogP contribution in [0.5, 0.6) is 17.2 Å². The molecule has 0 aliphatic carbocycles. The van der Waals surface area contributed by atoms with Gasteiger partial charge >= 0.3 is 0 Å². The van der Waals surface area contributed by atoms with E-state index in [9.17, 15) is 14.7 Å². The van der Waals surface area contributed by atoms with Crippen molar-refractivity contribution in [3.8, 4) is 17.2 Å². The largest absolute Gasteiger partial charge is 0.508 e. The molecule has 0 saturated carbocycles. The van der Waals surface area contributed by atoms with Gasteiger partial charge in [0.2, 0.25) is 5.91 Å². The molecule has 2 aromatic carbocycles. The van der Waals surface area contributed by atoms with E-state index in [0.717, 1.165) is 5.56 Å². The van der Waals surface area contributed by atoms with Crippen molar-refractivity contribution in [2.45, 2.75) is 19.9 Å². The predicted molar refractivity (Wildman–Crippen MR) is 105 cm³/mol. The summed E-state index contributed by atoms with van der Waals surface area (Å²) in [5, 5.41) is 12.6. The van der Waals surface area contributed by atoms with Gasteiger partial charge in [-0.1, -0.05) is 0 Å². The van der Waals surface area contributed by atoms with Crippen molar-refractivity contribution in [3.63, 3.8) is 0 Å². The summed E-state index contributed by atoms with van der Waals surface area (Å²) >= 11 is 0. The maximum atomic E-state index is 12.7. The highest BCUT2D eigenvalue weighted by Crippen LogP contribution is 2.29. The van der Waals surface area contributed by atoms with E-state index < -0.39 is 0 Å². The molecule has 0 aliphatic heterocycles. The summed E-state index contributed by atoms with van der Waals surface area (Å²) in [6.07, 6.45) is 1.51. The average Bonchev–Trinajstić information content (AvgIpc) is 2.68. The highest BCUT2D eigenvalue weighted by atomic mass is 16.5. The van der Waals surface area contributed by atoms with Crippen molar-refractivity contribution < 1.29 is 19.4 Å². The lowest BCUT2D eigenvalue weighted by atomic mass is 10.2. The fraction of sp³-hybridized carbons (Fsp3) is 0.250. The molecule has 0 radical (unpaired) electrons. The van der Waals surface area contributed by atoms with Crippen LogP contribution in [0.4, 0.5) is 5.69 Å². The van der Waals surface area contributed by atoms with E-state index in [4.69, 9.17) is 9.47 Å². The second-order valence-electron chi connectivity index (χ2n) is 6.26. The number of hydrogen-bond acceptors (Lipinski definition) is 6. The van der Waals surface area contributed by atoms with E-state index in [2.05, 4.69) is 10.3 Å². The second-order valence-corrected chi connectivity index (χ2v) is 6.26. The first-order valence-electron chi connectivity index (χ1n) is 8.63. The van der Waals surface area contributed by atoms with Crippen LogP contribution < -0.4 is 20.3 Å². The molecule has 1 amide bonds. The van der Waals surface area contributed by atoms with Crippen LogP contribution >= 0.6 is 0 Å². The fourth-order valence-corrected chi connectivity index (χ4v) is 2.87. The minimum atomic E-state index is -0.264. The van der Waals surface area contributed by atoms with Gasteiger partial charge in [0.05, 0.1) is 31.4 Å². The number of fused-ring (bicyclic) bond motifs is 1. The van der Waals surface area contributed by atoms with Crippen LogP contribution in [0.25, 0.3) is 10.9 Å². The molecule has 1 aromatic heterocycles. The van der Waals surface area contributed by atoms with Gasteiger partial charge in [-0.3, -0.25) is 14.2 Å². The third-order valence-electron chi connectivity index (χ3n) is 4.39. The number of nitrogens with one attached hydrogen (secondary N) is 1. The lowest BCUT2D eigenvalue weighted by molar-refractivity contribution is -0.116. The Morgan fingerprint density at radius 2 is 1.89 bits per heavy atom. The Kier molecular flexibility index (Phi) is 5.49. The number of hydrogen-bond donors (Lipinski definition) is 2. The van der Waals surface area contributed by atoms with E-state index >= 15 is 0 Å². The number of nitrogens with zero attached hydrogens (tertiary/aromatic N) is 2. The van der Waals surface area contributed by atoms with Crippen LogP contribution in [-0.4, -0.2) is 34.8 Å². The highest BCUT2D eigenvalue weighted by molar-refractivity contribution is 5.91. The number of methoxy groups -OCH3 is 2. The Morgan fingerprint density at radius 3 is 2.57 bits per heavy atom. The number of aromatic nitrogens is 2. The fourth-order valence-electron chi connectivity index (χ4n) is 2.87. The first-order chi connectivity index (χ1) is 13.4. The number of rotatable bonds is 6. The molecule has 8 heteroatoms. The zero-order chi connectivity index (χ0) is 20.3. The van der Waals surface area contributed by atoms with Gasteiger partial charge in [-0.25, -0.2) is 4.98 Å². The zero-order valence-corrected chi connectivity index (χ0v) is 15.9. The second kappa shape index (κ2) is 7.99. The predicted octanol–water partition coefficient (Wildman–Crippen LogP) is 2.46. The molecule has 1 heterocycles. The smallest absolute Gasteiger partial charge is 0.261 e. The Balaban J connectivity index is 1.77. The molecule has 0 spiro atoms. The molecule has 146 valence electrons. The number of carbonyl (C=O) groups is 1. The number of aromatic hydroxyl groups is 1. The number of phenolic OH excluding ortho intramolecular Hbond substituents is 1. The van der Waals surface area contributed by atoms with Crippen LogP contribution in [0.3, 0.4) is 0 Å². The number of amides is 1. The van der Waals surface area contributed by atoms with Gasteiger partial charge in [-0.05, 0) is 36.8 Å². The molecule has 0 fully saturated rings. The van der Waals surface area contributed by atoms with E-state index in [0.29, 0.717) is 28.1 Å². The van der Waals surface area contributed by atoms with Crippen molar-refractivity contribution in [2.75, 3.05) is 19.5 Å². The number of aryl methyl sites for hydroxylation is 2. The van der Waals surface area contributed by atoms with Crippen LogP contribution in [0, 0.1) is 6.92 Å². The van der Waals surface area contributed by atoms with Crippen LogP contribution in [0.2, 0.25) is 0 Å². The lowest BCUT2D eigenvalue weighted by Gasteiger charge is -2.11. The summed E-state index contributed by atoms with van der Waals surface area (Å²) < 4.78 is 11.9. The Morgan fingerprint density at radius 1 is 1.18 bits per heavy atom. The molecule has 0 saturated heterocycles.